The van der Waals surface area contributed by atoms with Gasteiger partial charge in [0.1, 0.15) is 10.6 Å². The average molecular weight is 228 g/mol. The minimum absolute atomic E-state index is 0.204. The van der Waals surface area contributed by atoms with Gasteiger partial charge in [0.25, 0.3) is 0 Å². The van der Waals surface area contributed by atoms with Crippen LogP contribution in [0.1, 0.15) is 6.92 Å². The molecule has 6 heteroatoms. The van der Waals surface area contributed by atoms with Gasteiger partial charge in [0, 0.05) is 0 Å². The lowest BCUT2D eigenvalue weighted by Gasteiger charge is -2.00. The van der Waals surface area contributed by atoms with Crippen LogP contribution < -0.4 is 4.74 Å². The van der Waals surface area contributed by atoms with Gasteiger partial charge in [-0.25, -0.2) is 0 Å². The molecule has 0 aromatic carbocycles. The largest absolute Gasteiger partial charge is 0.492 e. The van der Waals surface area contributed by atoms with Crippen molar-refractivity contribution in [2.75, 3.05) is 6.61 Å². The third kappa shape index (κ3) is 1.71. The smallest absolute Gasteiger partial charge is 0.314 e. The molecule has 0 radical (unpaired) electrons. The second-order valence-electron chi connectivity index (χ2n) is 2.48. The molecule has 0 aliphatic carbocycles. The zero-order chi connectivity index (χ0) is 9.97. The van der Waals surface area contributed by atoms with Crippen LogP contribution >= 0.6 is 23.6 Å². The molecule has 1 N–H and O–H groups in total. The maximum Gasteiger partial charge on any atom is 0.314 e. The van der Waals surface area contributed by atoms with Crippen molar-refractivity contribution in [3.63, 3.8) is 0 Å². The Hall–Kier alpha value is -1.14. The van der Waals surface area contributed by atoms with Gasteiger partial charge in [-0.3, -0.25) is 0 Å². The molecule has 2 aromatic heterocycles. The van der Waals surface area contributed by atoms with Gasteiger partial charge in [-0.15, -0.1) is 11.3 Å². The Morgan fingerprint density at radius 1 is 1.71 bits per heavy atom. The van der Waals surface area contributed by atoms with E-state index in [4.69, 9.17) is 21.5 Å². The first-order chi connectivity index (χ1) is 6.81. The van der Waals surface area contributed by atoms with Gasteiger partial charge in [-0.2, -0.15) is 10.1 Å². The van der Waals surface area contributed by atoms with Crippen molar-refractivity contribution in [1.29, 1.82) is 0 Å². The lowest BCUT2D eigenvalue weighted by molar-refractivity contribution is 0.342. The summed E-state index contributed by atoms with van der Waals surface area (Å²) in [4.78, 5) is 5.13. The Balaban J connectivity index is 2.40. The highest BCUT2D eigenvalue weighted by atomic mass is 32.1. The maximum atomic E-state index is 5.42. The summed E-state index contributed by atoms with van der Waals surface area (Å²) in [5.74, 6) is 1.42. The van der Waals surface area contributed by atoms with Crippen molar-refractivity contribution >= 4 is 23.6 Å². The fraction of sp³-hybridized carbons (Fsp3) is 0.250. The van der Waals surface area contributed by atoms with E-state index in [-0.39, 0.29) is 4.84 Å². The Morgan fingerprint density at radius 2 is 2.57 bits per heavy atom. The second-order valence-corrected chi connectivity index (χ2v) is 3.74. The number of hydrogen-bond donors (Lipinski definition) is 1. The minimum Gasteiger partial charge on any atom is -0.492 e. The predicted octanol–water partition coefficient (Wildman–Crippen LogP) is 2.86. The third-order valence-corrected chi connectivity index (χ3v) is 2.66. The number of aromatic nitrogens is 2. The summed E-state index contributed by atoms with van der Waals surface area (Å²) in [5, 5.41) is 4.58. The highest BCUT2D eigenvalue weighted by Crippen LogP contribution is 2.33. The number of nitrogens with one attached hydrogen (secondary N) is 1. The summed E-state index contributed by atoms with van der Waals surface area (Å²) in [5.41, 5.74) is 0. The minimum atomic E-state index is 0.204. The van der Waals surface area contributed by atoms with Crippen LogP contribution in [0.2, 0.25) is 0 Å². The lowest BCUT2D eigenvalue weighted by Crippen LogP contribution is -1.91. The second kappa shape index (κ2) is 3.93. The summed E-state index contributed by atoms with van der Waals surface area (Å²) in [6.07, 6.45) is 0. The highest BCUT2D eigenvalue weighted by Gasteiger charge is 2.11. The molecule has 14 heavy (non-hydrogen) atoms. The quantitative estimate of drug-likeness (QED) is 0.821. The van der Waals surface area contributed by atoms with Gasteiger partial charge < -0.3 is 9.26 Å². The number of rotatable bonds is 3. The molecule has 0 saturated heterocycles. The van der Waals surface area contributed by atoms with Crippen LogP contribution in [0.4, 0.5) is 0 Å². The van der Waals surface area contributed by atoms with Crippen LogP contribution in [0.15, 0.2) is 16.0 Å². The van der Waals surface area contributed by atoms with E-state index in [1.165, 1.54) is 11.3 Å². The van der Waals surface area contributed by atoms with E-state index in [0.717, 1.165) is 10.6 Å². The molecule has 0 bridgehead atoms. The number of nitrogens with zero attached hydrogens (tertiary/aromatic N) is 1. The average Bonchev–Trinajstić information content (AvgIpc) is 2.74. The van der Waals surface area contributed by atoms with Crippen LogP contribution in [0, 0.1) is 4.84 Å². The topological polar surface area (TPSA) is 51.1 Å². The zero-order valence-corrected chi connectivity index (χ0v) is 9.08. The monoisotopic (exact) mass is 228 g/mol. The number of aromatic amines is 1. The molecule has 74 valence electrons. The molecular formula is C8H8N2O2S2. The van der Waals surface area contributed by atoms with Crippen molar-refractivity contribution < 1.29 is 9.26 Å². The van der Waals surface area contributed by atoms with Crippen LogP contribution in [0.3, 0.4) is 0 Å². The zero-order valence-electron chi connectivity index (χ0n) is 7.44. The van der Waals surface area contributed by atoms with E-state index in [9.17, 15) is 0 Å². The van der Waals surface area contributed by atoms with Gasteiger partial charge in [0.2, 0.25) is 0 Å². The summed E-state index contributed by atoms with van der Waals surface area (Å²) < 4.78 is 10.3. The Labute approximate surface area is 89.5 Å². The van der Waals surface area contributed by atoms with E-state index in [2.05, 4.69) is 10.1 Å². The Bertz CT molecular complexity index is 471. The number of H-pyrrole nitrogens is 1. The van der Waals surface area contributed by atoms with E-state index in [1.807, 2.05) is 18.4 Å². The molecular weight excluding hydrogens is 220 g/mol. The van der Waals surface area contributed by atoms with Gasteiger partial charge in [0.05, 0.1) is 6.61 Å². The van der Waals surface area contributed by atoms with Gasteiger partial charge in [0.15, 0.2) is 5.82 Å². The molecule has 0 aliphatic rings. The first-order valence-corrected chi connectivity index (χ1v) is 5.36. The van der Waals surface area contributed by atoms with Crippen molar-refractivity contribution in [1.82, 2.24) is 10.1 Å². The van der Waals surface area contributed by atoms with Gasteiger partial charge in [-0.1, -0.05) is 0 Å². The maximum absolute atomic E-state index is 5.42. The normalized spacial score (nSPS) is 10.4. The van der Waals surface area contributed by atoms with Crippen LogP contribution in [0.5, 0.6) is 5.75 Å². The number of hydrogen-bond acceptors (Lipinski definition) is 5. The molecule has 0 spiro atoms. The number of thiophene rings is 1. The number of ether oxygens (including phenoxy) is 1. The molecule has 0 atom stereocenters. The Morgan fingerprint density at radius 3 is 3.21 bits per heavy atom. The van der Waals surface area contributed by atoms with Gasteiger partial charge in [-0.05, 0) is 30.6 Å². The molecule has 0 unspecified atom stereocenters. The first kappa shape index (κ1) is 9.42. The van der Waals surface area contributed by atoms with Crippen molar-refractivity contribution in [3.05, 3.63) is 16.3 Å². The third-order valence-electron chi connectivity index (χ3n) is 1.58. The van der Waals surface area contributed by atoms with E-state index in [1.54, 1.807) is 0 Å². The summed E-state index contributed by atoms with van der Waals surface area (Å²) in [6, 6.07) is 1.90. The lowest BCUT2D eigenvalue weighted by atomic mass is 10.4. The standard InChI is InChI=1S/C8H8N2O2S2/c1-2-11-5-3-4-14-6(5)7-9-8(13)12-10-7/h3-4H,2H2,1H3,(H,9,10,13). The summed E-state index contributed by atoms with van der Waals surface area (Å²) >= 11 is 6.30. The molecule has 0 fully saturated rings. The Kier molecular flexibility index (Phi) is 2.64. The van der Waals surface area contributed by atoms with Gasteiger partial charge >= 0.3 is 4.84 Å². The van der Waals surface area contributed by atoms with Crippen molar-refractivity contribution in [3.8, 4) is 16.5 Å². The fourth-order valence-corrected chi connectivity index (χ4v) is 1.97. The highest BCUT2D eigenvalue weighted by molar-refractivity contribution is 7.71. The molecule has 2 rings (SSSR count). The molecule has 0 saturated carbocycles. The fourth-order valence-electron chi connectivity index (χ4n) is 1.07. The molecule has 2 heterocycles. The van der Waals surface area contributed by atoms with E-state index >= 15 is 0 Å². The molecule has 0 amide bonds. The van der Waals surface area contributed by atoms with Crippen LogP contribution in [-0.4, -0.2) is 16.7 Å². The van der Waals surface area contributed by atoms with Crippen LogP contribution in [-0.2, 0) is 0 Å². The summed E-state index contributed by atoms with van der Waals surface area (Å²) in [6.45, 7) is 2.56. The van der Waals surface area contributed by atoms with E-state index < -0.39 is 0 Å². The predicted molar refractivity (Wildman–Crippen MR) is 56.2 cm³/mol. The van der Waals surface area contributed by atoms with E-state index in [0.29, 0.717) is 12.4 Å². The first-order valence-electron chi connectivity index (χ1n) is 4.07. The SMILES string of the molecule is CCOc1ccsc1-c1nc(=S)o[nH]1. The summed E-state index contributed by atoms with van der Waals surface area (Å²) in [7, 11) is 0. The molecule has 0 aliphatic heterocycles. The molecule has 4 nitrogen and oxygen atoms in total. The van der Waals surface area contributed by atoms with Crippen molar-refractivity contribution in [2.24, 2.45) is 0 Å². The van der Waals surface area contributed by atoms with Crippen molar-refractivity contribution in [2.45, 2.75) is 6.92 Å². The van der Waals surface area contributed by atoms with Crippen LogP contribution in [0.25, 0.3) is 10.7 Å². The molecule has 2 aromatic rings.